The highest BCUT2D eigenvalue weighted by Gasteiger charge is 2.18. The van der Waals surface area contributed by atoms with Crippen molar-refractivity contribution in [1.29, 1.82) is 0 Å². The highest BCUT2D eigenvalue weighted by atomic mass is 16.3. The van der Waals surface area contributed by atoms with Crippen LogP contribution >= 0.6 is 0 Å². The van der Waals surface area contributed by atoms with E-state index in [0.717, 1.165) is 72.0 Å². The molecule has 212 valence electrons. The first-order chi connectivity index (χ1) is 22.3. The van der Waals surface area contributed by atoms with E-state index in [1.54, 1.807) is 0 Å². The van der Waals surface area contributed by atoms with Crippen molar-refractivity contribution in [3.05, 3.63) is 158 Å². The van der Waals surface area contributed by atoms with Crippen LogP contribution in [0.25, 0.3) is 66.4 Å². The van der Waals surface area contributed by atoms with Gasteiger partial charge in [0.1, 0.15) is 16.7 Å². The number of rotatable bonds is 5. The van der Waals surface area contributed by atoms with Crippen molar-refractivity contribution in [3.63, 3.8) is 0 Å². The number of para-hydroxylation sites is 1. The van der Waals surface area contributed by atoms with Gasteiger partial charge in [0, 0.05) is 38.8 Å². The summed E-state index contributed by atoms with van der Waals surface area (Å²) in [5.41, 5.74) is 9.76. The third-order valence-electron chi connectivity index (χ3n) is 8.46. The molecule has 2 aromatic heterocycles. The van der Waals surface area contributed by atoms with Gasteiger partial charge in [-0.05, 0) is 83.2 Å². The van der Waals surface area contributed by atoms with Gasteiger partial charge in [-0.1, -0.05) is 91.0 Å². The number of aromatic nitrogens is 1. The Morgan fingerprint density at radius 1 is 0.422 bits per heavy atom. The Labute approximate surface area is 259 Å². The van der Waals surface area contributed by atoms with Crippen molar-refractivity contribution in [2.75, 3.05) is 4.90 Å². The molecule has 0 atom stereocenters. The van der Waals surface area contributed by atoms with Crippen molar-refractivity contribution in [2.24, 2.45) is 0 Å². The summed E-state index contributed by atoms with van der Waals surface area (Å²) in [6.45, 7) is 0. The summed E-state index contributed by atoms with van der Waals surface area (Å²) in [5.74, 6) is 0.619. The highest BCUT2D eigenvalue weighted by molar-refractivity contribution is 6.08. The molecule has 0 aliphatic carbocycles. The first kappa shape index (κ1) is 25.4. The Morgan fingerprint density at radius 3 is 1.91 bits per heavy atom. The van der Waals surface area contributed by atoms with Crippen LogP contribution in [-0.2, 0) is 0 Å². The minimum absolute atomic E-state index is 0.619. The maximum atomic E-state index is 6.44. The fourth-order valence-electron chi connectivity index (χ4n) is 6.29. The van der Waals surface area contributed by atoms with Gasteiger partial charge in [0.15, 0.2) is 5.58 Å². The second-order valence-electron chi connectivity index (χ2n) is 11.2. The molecule has 2 heterocycles. The van der Waals surface area contributed by atoms with Crippen LogP contribution in [0.4, 0.5) is 17.1 Å². The number of hydrogen-bond donors (Lipinski definition) is 0. The van der Waals surface area contributed by atoms with E-state index in [1.807, 2.05) is 54.6 Å². The van der Waals surface area contributed by atoms with Crippen LogP contribution in [0, 0.1) is 0 Å². The normalized spacial score (nSPS) is 11.6. The van der Waals surface area contributed by atoms with E-state index in [9.17, 15) is 0 Å². The van der Waals surface area contributed by atoms with Gasteiger partial charge in [0.05, 0.1) is 0 Å². The monoisotopic (exact) mass is 578 g/mol. The molecule has 9 aromatic rings. The number of hydrogen-bond acceptors (Lipinski definition) is 4. The van der Waals surface area contributed by atoms with E-state index in [1.165, 1.54) is 5.56 Å². The zero-order chi connectivity index (χ0) is 29.7. The predicted molar refractivity (Wildman–Crippen MR) is 184 cm³/mol. The SMILES string of the molecule is c1ccc(-c2cccc(N(c3ccc4oc5ccccc5c4c3)c3ccc4ccc5nc(-c6ccccc6)oc5c4c3)c2)cc1. The van der Waals surface area contributed by atoms with Crippen LogP contribution in [-0.4, -0.2) is 4.98 Å². The summed E-state index contributed by atoms with van der Waals surface area (Å²) in [6.07, 6.45) is 0. The smallest absolute Gasteiger partial charge is 0.227 e. The molecule has 0 radical (unpaired) electrons. The summed E-state index contributed by atoms with van der Waals surface area (Å²) < 4.78 is 12.6. The Morgan fingerprint density at radius 2 is 1.07 bits per heavy atom. The summed E-state index contributed by atoms with van der Waals surface area (Å²) >= 11 is 0. The molecule has 0 bridgehead atoms. The first-order valence-electron chi connectivity index (χ1n) is 15.0. The Hall–Kier alpha value is -6.13. The summed E-state index contributed by atoms with van der Waals surface area (Å²) in [7, 11) is 0. The minimum atomic E-state index is 0.619. The summed E-state index contributed by atoms with van der Waals surface area (Å²) in [6, 6.07) is 54.6. The van der Waals surface area contributed by atoms with Gasteiger partial charge in [-0.25, -0.2) is 4.98 Å². The number of nitrogens with zero attached hydrogens (tertiary/aromatic N) is 2. The lowest BCUT2D eigenvalue weighted by Crippen LogP contribution is -2.10. The fourth-order valence-corrected chi connectivity index (χ4v) is 6.29. The van der Waals surface area contributed by atoms with Crippen molar-refractivity contribution in [1.82, 2.24) is 4.98 Å². The largest absolute Gasteiger partial charge is 0.456 e. The number of anilines is 3. The zero-order valence-corrected chi connectivity index (χ0v) is 24.2. The van der Waals surface area contributed by atoms with Crippen molar-refractivity contribution < 1.29 is 8.83 Å². The lowest BCUT2D eigenvalue weighted by atomic mass is 10.0. The summed E-state index contributed by atoms with van der Waals surface area (Å²) in [5, 5.41) is 4.29. The van der Waals surface area contributed by atoms with E-state index in [0.29, 0.717) is 5.89 Å². The van der Waals surface area contributed by atoms with Gasteiger partial charge >= 0.3 is 0 Å². The Bertz CT molecular complexity index is 2490. The Kier molecular flexibility index (Phi) is 5.78. The van der Waals surface area contributed by atoms with E-state index in [-0.39, 0.29) is 0 Å². The standard InChI is InChI=1S/C41H26N2O2/c1-3-10-27(11-4-1)30-14-9-15-31(24-30)43(33-21-23-39-36(26-33)34-16-7-8-17-38(34)44-39)32-20-18-28-19-22-37-40(35(28)25-32)45-41(42-37)29-12-5-2-6-13-29/h1-26H. The molecule has 0 saturated heterocycles. The highest BCUT2D eigenvalue weighted by Crippen LogP contribution is 2.41. The van der Waals surface area contributed by atoms with Gasteiger partial charge < -0.3 is 13.7 Å². The average molecular weight is 579 g/mol. The lowest BCUT2D eigenvalue weighted by molar-refractivity contribution is 0.623. The number of benzene rings is 7. The number of fused-ring (bicyclic) bond motifs is 6. The van der Waals surface area contributed by atoms with Crippen LogP contribution in [0.1, 0.15) is 0 Å². The zero-order valence-electron chi connectivity index (χ0n) is 24.2. The number of furan rings is 1. The average Bonchev–Trinajstić information content (AvgIpc) is 3.72. The molecule has 0 fully saturated rings. The van der Waals surface area contributed by atoms with Gasteiger partial charge in [0.25, 0.3) is 0 Å². The molecule has 4 heteroatoms. The molecular weight excluding hydrogens is 552 g/mol. The van der Waals surface area contributed by atoms with Crippen LogP contribution in [0.5, 0.6) is 0 Å². The third-order valence-corrected chi connectivity index (χ3v) is 8.46. The van der Waals surface area contributed by atoms with Crippen molar-refractivity contribution in [2.45, 2.75) is 0 Å². The molecular formula is C41H26N2O2. The molecule has 0 amide bonds. The molecule has 0 aliphatic rings. The van der Waals surface area contributed by atoms with Gasteiger partial charge in [0.2, 0.25) is 5.89 Å². The maximum absolute atomic E-state index is 6.44. The minimum Gasteiger partial charge on any atom is -0.456 e. The molecule has 0 unspecified atom stereocenters. The topological polar surface area (TPSA) is 42.4 Å². The van der Waals surface area contributed by atoms with E-state index in [2.05, 4.69) is 108 Å². The molecule has 0 spiro atoms. The van der Waals surface area contributed by atoms with Crippen LogP contribution in [0.15, 0.2) is 167 Å². The lowest BCUT2D eigenvalue weighted by Gasteiger charge is -2.26. The van der Waals surface area contributed by atoms with Gasteiger partial charge in [-0.2, -0.15) is 0 Å². The van der Waals surface area contributed by atoms with Crippen LogP contribution in [0.2, 0.25) is 0 Å². The third kappa shape index (κ3) is 4.35. The van der Waals surface area contributed by atoms with Crippen LogP contribution in [0.3, 0.4) is 0 Å². The summed E-state index contributed by atoms with van der Waals surface area (Å²) in [4.78, 5) is 7.14. The Balaban J connectivity index is 1.26. The number of oxazole rings is 1. The van der Waals surface area contributed by atoms with Gasteiger partial charge in [-0.15, -0.1) is 0 Å². The molecule has 0 N–H and O–H groups in total. The predicted octanol–water partition coefficient (Wildman–Crippen LogP) is 11.7. The second kappa shape index (κ2) is 10.2. The quantitative estimate of drug-likeness (QED) is 0.204. The second-order valence-corrected chi connectivity index (χ2v) is 11.2. The molecule has 7 aromatic carbocycles. The molecule has 4 nitrogen and oxygen atoms in total. The van der Waals surface area contributed by atoms with E-state index in [4.69, 9.17) is 13.8 Å². The molecule has 0 aliphatic heterocycles. The molecule has 0 saturated carbocycles. The van der Waals surface area contributed by atoms with Crippen molar-refractivity contribution in [3.8, 4) is 22.6 Å². The van der Waals surface area contributed by atoms with E-state index < -0.39 is 0 Å². The van der Waals surface area contributed by atoms with Crippen LogP contribution < -0.4 is 4.90 Å². The first-order valence-corrected chi connectivity index (χ1v) is 15.0. The maximum Gasteiger partial charge on any atom is 0.227 e. The van der Waals surface area contributed by atoms with Gasteiger partial charge in [-0.3, -0.25) is 0 Å². The van der Waals surface area contributed by atoms with Crippen molar-refractivity contribution >= 4 is 60.9 Å². The van der Waals surface area contributed by atoms with E-state index >= 15 is 0 Å². The molecule has 9 rings (SSSR count). The molecule has 45 heavy (non-hydrogen) atoms. The fraction of sp³-hybridized carbons (Fsp3) is 0.